The first-order chi connectivity index (χ1) is 8.31. The molecule has 17 heavy (non-hydrogen) atoms. The summed E-state index contributed by atoms with van der Waals surface area (Å²) in [6.45, 7) is 0.692. The first-order valence-electron chi connectivity index (χ1n) is 6.32. The fourth-order valence-corrected chi connectivity index (χ4v) is 2.64. The van der Waals surface area contributed by atoms with E-state index in [4.69, 9.17) is 16.3 Å². The van der Waals surface area contributed by atoms with Crippen molar-refractivity contribution in [2.75, 3.05) is 6.61 Å². The molecule has 0 aliphatic heterocycles. The first-order valence-corrected chi connectivity index (χ1v) is 6.70. The Balaban J connectivity index is 1.97. The Labute approximate surface area is 108 Å². The first kappa shape index (κ1) is 12.7. The molecule has 1 saturated carbocycles. The molecule has 0 aromatic heterocycles. The van der Waals surface area contributed by atoms with Gasteiger partial charge in [0.2, 0.25) is 0 Å². The van der Waals surface area contributed by atoms with E-state index in [9.17, 15) is 5.11 Å². The van der Waals surface area contributed by atoms with Crippen molar-refractivity contribution in [1.82, 2.24) is 0 Å². The highest BCUT2D eigenvalue weighted by Crippen LogP contribution is 2.31. The van der Waals surface area contributed by atoms with Crippen molar-refractivity contribution in [3.63, 3.8) is 0 Å². The number of aliphatic hydroxyl groups excluding tert-OH is 1. The molecule has 1 aliphatic carbocycles. The van der Waals surface area contributed by atoms with Crippen LogP contribution in [0.3, 0.4) is 0 Å². The smallest absolute Gasteiger partial charge is 0.143 e. The molecule has 1 aromatic carbocycles. The maximum atomic E-state index is 9.24. The Hall–Kier alpha value is -0.730. The number of benzene rings is 1. The number of aliphatic hydroxyl groups is 1. The van der Waals surface area contributed by atoms with Gasteiger partial charge in [-0.25, -0.2) is 0 Å². The van der Waals surface area contributed by atoms with Crippen LogP contribution < -0.4 is 4.74 Å². The minimum absolute atomic E-state index is 0.0272. The number of halogens is 1. The number of para-hydroxylation sites is 1. The van der Waals surface area contributed by atoms with E-state index >= 15 is 0 Å². The molecule has 0 amide bonds. The van der Waals surface area contributed by atoms with Crippen LogP contribution in [0.25, 0.3) is 0 Å². The summed E-state index contributed by atoms with van der Waals surface area (Å²) < 4.78 is 5.81. The van der Waals surface area contributed by atoms with E-state index in [0.29, 0.717) is 16.7 Å². The van der Waals surface area contributed by atoms with Gasteiger partial charge in [0.1, 0.15) is 5.75 Å². The van der Waals surface area contributed by atoms with Crippen molar-refractivity contribution < 1.29 is 9.84 Å². The Morgan fingerprint density at radius 1 is 1.24 bits per heavy atom. The molecular formula is C14H19ClO2. The molecule has 1 N–H and O–H groups in total. The molecule has 94 valence electrons. The van der Waals surface area contributed by atoms with Gasteiger partial charge in [-0.15, -0.1) is 0 Å². The normalized spacial score (nSPS) is 17.1. The zero-order valence-electron chi connectivity index (χ0n) is 9.99. The fourth-order valence-electron chi connectivity index (χ4n) is 2.39. The maximum Gasteiger partial charge on any atom is 0.143 e. The number of hydrogen-bond donors (Lipinski definition) is 1. The lowest BCUT2D eigenvalue weighted by atomic mass is 9.90. The van der Waals surface area contributed by atoms with E-state index in [1.807, 2.05) is 12.1 Å². The lowest BCUT2D eigenvalue weighted by molar-refractivity contribution is 0.201. The molecule has 1 aromatic rings. The fraction of sp³-hybridized carbons (Fsp3) is 0.571. The van der Waals surface area contributed by atoms with Gasteiger partial charge in [0.05, 0.1) is 18.2 Å². The zero-order chi connectivity index (χ0) is 12.1. The van der Waals surface area contributed by atoms with Crippen LogP contribution in [0, 0.1) is 5.92 Å². The Kier molecular flexibility index (Phi) is 4.69. The van der Waals surface area contributed by atoms with Crippen molar-refractivity contribution in [1.29, 1.82) is 0 Å². The van der Waals surface area contributed by atoms with E-state index < -0.39 is 0 Å². The minimum Gasteiger partial charge on any atom is -0.491 e. The van der Waals surface area contributed by atoms with Crippen LogP contribution in [0.2, 0.25) is 5.02 Å². The standard InChI is InChI=1S/C14H19ClO2/c15-13-8-4-7-12(9-16)14(13)17-10-11-5-2-1-3-6-11/h4,7-8,11,16H,1-3,5-6,9-10H2. The van der Waals surface area contributed by atoms with Crippen LogP contribution in [0.15, 0.2) is 18.2 Å². The third-order valence-electron chi connectivity index (χ3n) is 3.41. The third-order valence-corrected chi connectivity index (χ3v) is 3.70. The molecule has 1 aliphatic rings. The van der Waals surface area contributed by atoms with Gasteiger partial charge < -0.3 is 9.84 Å². The third kappa shape index (κ3) is 3.36. The van der Waals surface area contributed by atoms with Crippen LogP contribution in [-0.2, 0) is 6.61 Å². The average molecular weight is 255 g/mol. The van der Waals surface area contributed by atoms with E-state index in [1.165, 1.54) is 32.1 Å². The van der Waals surface area contributed by atoms with Gasteiger partial charge in [-0.1, -0.05) is 43.0 Å². The van der Waals surface area contributed by atoms with Crippen LogP contribution in [-0.4, -0.2) is 11.7 Å². The van der Waals surface area contributed by atoms with Crippen LogP contribution >= 0.6 is 11.6 Å². The van der Waals surface area contributed by atoms with Crippen LogP contribution in [0.5, 0.6) is 5.75 Å². The second kappa shape index (κ2) is 6.27. The highest BCUT2D eigenvalue weighted by Gasteiger charge is 2.15. The highest BCUT2D eigenvalue weighted by molar-refractivity contribution is 6.32. The summed E-state index contributed by atoms with van der Waals surface area (Å²) >= 11 is 6.09. The van der Waals surface area contributed by atoms with Crippen molar-refractivity contribution in [2.24, 2.45) is 5.92 Å². The van der Waals surface area contributed by atoms with Gasteiger partial charge in [-0.3, -0.25) is 0 Å². The maximum absolute atomic E-state index is 9.24. The molecule has 0 spiro atoms. The summed E-state index contributed by atoms with van der Waals surface area (Å²) in [5, 5.41) is 9.83. The molecule has 0 heterocycles. The molecule has 0 saturated heterocycles. The molecule has 0 bridgehead atoms. The van der Waals surface area contributed by atoms with E-state index in [0.717, 1.165) is 12.2 Å². The average Bonchev–Trinajstić information content (AvgIpc) is 2.38. The Morgan fingerprint density at radius 3 is 2.71 bits per heavy atom. The number of ether oxygens (including phenoxy) is 1. The highest BCUT2D eigenvalue weighted by atomic mass is 35.5. The molecule has 0 unspecified atom stereocenters. The molecule has 2 rings (SSSR count). The van der Waals surface area contributed by atoms with Crippen molar-refractivity contribution in [3.8, 4) is 5.75 Å². The summed E-state index contributed by atoms with van der Waals surface area (Å²) in [7, 11) is 0. The van der Waals surface area contributed by atoms with Gasteiger partial charge >= 0.3 is 0 Å². The summed E-state index contributed by atoms with van der Waals surface area (Å²) in [5.74, 6) is 1.30. The molecule has 2 nitrogen and oxygen atoms in total. The summed E-state index contributed by atoms with van der Waals surface area (Å²) in [4.78, 5) is 0. The summed E-state index contributed by atoms with van der Waals surface area (Å²) in [5.41, 5.74) is 0.772. The second-order valence-electron chi connectivity index (χ2n) is 4.70. The molecular weight excluding hydrogens is 236 g/mol. The van der Waals surface area contributed by atoms with Crippen molar-refractivity contribution in [3.05, 3.63) is 28.8 Å². The van der Waals surface area contributed by atoms with Crippen molar-refractivity contribution >= 4 is 11.6 Å². The summed E-state index contributed by atoms with van der Waals surface area (Å²) in [6, 6.07) is 5.49. The quantitative estimate of drug-likeness (QED) is 0.886. The lowest BCUT2D eigenvalue weighted by Gasteiger charge is -2.22. The van der Waals surface area contributed by atoms with Gasteiger partial charge in [-0.2, -0.15) is 0 Å². The van der Waals surface area contributed by atoms with E-state index in [1.54, 1.807) is 6.07 Å². The van der Waals surface area contributed by atoms with Crippen molar-refractivity contribution in [2.45, 2.75) is 38.7 Å². The largest absolute Gasteiger partial charge is 0.491 e. The zero-order valence-corrected chi connectivity index (χ0v) is 10.7. The molecule has 0 atom stereocenters. The summed E-state index contributed by atoms with van der Waals surface area (Å²) in [6.07, 6.45) is 6.47. The predicted molar refractivity (Wildman–Crippen MR) is 69.4 cm³/mol. The van der Waals surface area contributed by atoms with E-state index in [2.05, 4.69) is 0 Å². The predicted octanol–water partition coefficient (Wildman–Crippen LogP) is 3.79. The van der Waals surface area contributed by atoms with Crippen LogP contribution in [0.1, 0.15) is 37.7 Å². The molecule has 0 radical (unpaired) electrons. The second-order valence-corrected chi connectivity index (χ2v) is 5.11. The molecule has 1 fully saturated rings. The van der Waals surface area contributed by atoms with Crippen LogP contribution in [0.4, 0.5) is 0 Å². The Morgan fingerprint density at radius 2 is 2.00 bits per heavy atom. The van der Waals surface area contributed by atoms with Gasteiger partial charge in [-0.05, 0) is 24.8 Å². The van der Waals surface area contributed by atoms with Gasteiger partial charge in [0.15, 0.2) is 0 Å². The monoisotopic (exact) mass is 254 g/mol. The SMILES string of the molecule is OCc1cccc(Cl)c1OCC1CCCCC1. The van der Waals surface area contributed by atoms with Gasteiger partial charge in [0, 0.05) is 5.56 Å². The minimum atomic E-state index is -0.0272. The number of rotatable bonds is 4. The topological polar surface area (TPSA) is 29.5 Å². The van der Waals surface area contributed by atoms with Gasteiger partial charge in [0.25, 0.3) is 0 Å². The number of hydrogen-bond acceptors (Lipinski definition) is 2. The Bertz CT molecular complexity index is 359. The van der Waals surface area contributed by atoms with E-state index in [-0.39, 0.29) is 6.61 Å². The lowest BCUT2D eigenvalue weighted by Crippen LogP contribution is -2.16. The molecule has 3 heteroatoms.